The largest absolute Gasteiger partial charge is 0.340 e. The lowest BCUT2D eigenvalue weighted by atomic mass is 10.1. The first-order chi connectivity index (χ1) is 8.42. The fourth-order valence-electron chi connectivity index (χ4n) is 1.75. The zero-order chi connectivity index (χ0) is 11.5. The molecule has 3 nitrogen and oxygen atoms in total. The molecular formula is C14H11N3. The molecule has 0 aliphatic carbocycles. The first-order valence-electron chi connectivity index (χ1n) is 5.44. The highest BCUT2D eigenvalue weighted by atomic mass is 15.0. The van der Waals surface area contributed by atoms with E-state index < -0.39 is 0 Å². The number of nitrogens with one attached hydrogen (secondary N) is 1. The number of benzene rings is 1. The lowest BCUT2D eigenvalue weighted by Crippen LogP contribution is -1.92. The molecular weight excluding hydrogens is 210 g/mol. The average molecular weight is 221 g/mol. The Hall–Kier alpha value is -2.42. The van der Waals surface area contributed by atoms with Crippen LogP contribution < -0.4 is 5.32 Å². The number of rotatable bonds is 2. The van der Waals surface area contributed by atoms with Gasteiger partial charge < -0.3 is 5.32 Å². The second-order valence-electron chi connectivity index (χ2n) is 3.78. The molecule has 0 spiro atoms. The average Bonchev–Trinajstić information content (AvgIpc) is 2.40. The first-order valence-corrected chi connectivity index (χ1v) is 5.44. The van der Waals surface area contributed by atoms with Gasteiger partial charge in [0.05, 0.1) is 0 Å². The molecule has 82 valence electrons. The van der Waals surface area contributed by atoms with Gasteiger partial charge in [-0.1, -0.05) is 12.1 Å². The molecule has 0 bridgehead atoms. The molecule has 1 N–H and O–H groups in total. The fourth-order valence-corrected chi connectivity index (χ4v) is 1.75. The van der Waals surface area contributed by atoms with Crippen LogP contribution in [-0.2, 0) is 0 Å². The molecule has 0 radical (unpaired) electrons. The summed E-state index contributed by atoms with van der Waals surface area (Å²) in [6.45, 7) is 0. The number of pyridine rings is 2. The van der Waals surface area contributed by atoms with Gasteiger partial charge in [0, 0.05) is 29.7 Å². The number of fused-ring (bicyclic) bond motifs is 1. The van der Waals surface area contributed by atoms with Crippen LogP contribution in [0.4, 0.5) is 11.5 Å². The van der Waals surface area contributed by atoms with E-state index in [1.165, 1.54) is 5.39 Å². The minimum absolute atomic E-state index is 0.848. The number of anilines is 2. The van der Waals surface area contributed by atoms with Crippen LogP contribution >= 0.6 is 0 Å². The third-order valence-corrected chi connectivity index (χ3v) is 2.58. The van der Waals surface area contributed by atoms with Crippen LogP contribution in [0.15, 0.2) is 61.1 Å². The molecule has 0 saturated heterocycles. The van der Waals surface area contributed by atoms with Gasteiger partial charge in [-0.05, 0) is 35.7 Å². The molecule has 3 rings (SSSR count). The van der Waals surface area contributed by atoms with Crippen molar-refractivity contribution in [2.45, 2.75) is 0 Å². The summed E-state index contributed by atoms with van der Waals surface area (Å²) in [5.74, 6) is 0.848. The molecule has 1 aromatic carbocycles. The summed E-state index contributed by atoms with van der Waals surface area (Å²) in [6, 6.07) is 14.0. The van der Waals surface area contributed by atoms with E-state index in [0.29, 0.717) is 0 Å². The van der Waals surface area contributed by atoms with E-state index in [4.69, 9.17) is 0 Å². The predicted octanol–water partition coefficient (Wildman–Crippen LogP) is 3.37. The van der Waals surface area contributed by atoms with E-state index in [-0.39, 0.29) is 0 Å². The summed E-state index contributed by atoms with van der Waals surface area (Å²) < 4.78 is 0. The van der Waals surface area contributed by atoms with Crippen molar-refractivity contribution in [3.05, 3.63) is 61.1 Å². The lowest BCUT2D eigenvalue weighted by Gasteiger charge is -2.06. The number of hydrogen-bond acceptors (Lipinski definition) is 3. The topological polar surface area (TPSA) is 37.8 Å². The van der Waals surface area contributed by atoms with Gasteiger partial charge in [0.15, 0.2) is 0 Å². The van der Waals surface area contributed by atoms with Crippen molar-refractivity contribution in [2.75, 3.05) is 5.32 Å². The van der Waals surface area contributed by atoms with Crippen LogP contribution in [-0.4, -0.2) is 9.97 Å². The maximum Gasteiger partial charge on any atom is 0.130 e. The van der Waals surface area contributed by atoms with E-state index in [9.17, 15) is 0 Å². The van der Waals surface area contributed by atoms with Crippen molar-refractivity contribution < 1.29 is 0 Å². The van der Waals surface area contributed by atoms with Crippen LogP contribution in [0.2, 0.25) is 0 Å². The van der Waals surface area contributed by atoms with Gasteiger partial charge >= 0.3 is 0 Å². The van der Waals surface area contributed by atoms with Gasteiger partial charge in [-0.2, -0.15) is 0 Å². The zero-order valence-corrected chi connectivity index (χ0v) is 9.17. The second-order valence-corrected chi connectivity index (χ2v) is 3.78. The number of aromatic nitrogens is 2. The monoisotopic (exact) mass is 221 g/mol. The molecule has 2 aromatic heterocycles. The zero-order valence-electron chi connectivity index (χ0n) is 9.17. The van der Waals surface area contributed by atoms with Crippen molar-refractivity contribution in [2.24, 2.45) is 0 Å². The molecule has 0 saturated carbocycles. The maximum atomic E-state index is 4.23. The molecule has 17 heavy (non-hydrogen) atoms. The molecule has 0 amide bonds. The smallest absolute Gasteiger partial charge is 0.130 e. The van der Waals surface area contributed by atoms with Crippen molar-refractivity contribution in [1.82, 2.24) is 9.97 Å². The molecule has 3 heteroatoms. The first kappa shape index (κ1) is 9.78. The van der Waals surface area contributed by atoms with Gasteiger partial charge in [0.25, 0.3) is 0 Å². The Morgan fingerprint density at radius 2 is 1.88 bits per heavy atom. The molecule has 0 aliphatic rings. The third-order valence-electron chi connectivity index (χ3n) is 2.58. The summed E-state index contributed by atoms with van der Waals surface area (Å²) in [6.07, 6.45) is 5.43. The van der Waals surface area contributed by atoms with E-state index in [0.717, 1.165) is 16.9 Å². The van der Waals surface area contributed by atoms with Crippen molar-refractivity contribution in [1.29, 1.82) is 0 Å². The maximum absolute atomic E-state index is 4.23. The van der Waals surface area contributed by atoms with E-state index in [1.807, 2.05) is 42.6 Å². The van der Waals surface area contributed by atoms with Gasteiger partial charge in [-0.3, -0.25) is 4.98 Å². The van der Waals surface area contributed by atoms with Crippen molar-refractivity contribution >= 4 is 22.3 Å². The fraction of sp³-hybridized carbons (Fsp3) is 0. The highest BCUT2D eigenvalue weighted by Gasteiger charge is 1.97. The Morgan fingerprint density at radius 3 is 2.76 bits per heavy atom. The second kappa shape index (κ2) is 4.22. The highest BCUT2D eigenvalue weighted by Crippen LogP contribution is 2.20. The van der Waals surface area contributed by atoms with Crippen LogP contribution in [0.5, 0.6) is 0 Å². The minimum atomic E-state index is 0.848. The van der Waals surface area contributed by atoms with E-state index >= 15 is 0 Å². The normalized spacial score (nSPS) is 10.4. The number of hydrogen-bond donors (Lipinski definition) is 1. The molecule has 0 fully saturated rings. The van der Waals surface area contributed by atoms with Gasteiger partial charge in [-0.25, -0.2) is 4.98 Å². The Labute approximate surface area is 99.2 Å². The summed E-state index contributed by atoms with van der Waals surface area (Å²) in [4.78, 5) is 8.32. The summed E-state index contributed by atoms with van der Waals surface area (Å²) in [7, 11) is 0. The molecule has 2 heterocycles. The highest BCUT2D eigenvalue weighted by molar-refractivity contribution is 5.85. The van der Waals surface area contributed by atoms with E-state index in [1.54, 1.807) is 12.4 Å². The SMILES string of the molecule is c1ccc(Nc2ccc3cnccc3c2)nc1. The van der Waals surface area contributed by atoms with Crippen molar-refractivity contribution in [3.8, 4) is 0 Å². The van der Waals surface area contributed by atoms with Crippen LogP contribution in [0, 0.1) is 0 Å². The third kappa shape index (κ3) is 2.08. The van der Waals surface area contributed by atoms with Crippen LogP contribution in [0.1, 0.15) is 0 Å². The van der Waals surface area contributed by atoms with Crippen molar-refractivity contribution in [3.63, 3.8) is 0 Å². The molecule has 0 atom stereocenters. The molecule has 3 aromatic rings. The lowest BCUT2D eigenvalue weighted by molar-refractivity contribution is 1.31. The quantitative estimate of drug-likeness (QED) is 0.721. The molecule has 0 unspecified atom stereocenters. The Morgan fingerprint density at radius 1 is 0.882 bits per heavy atom. The summed E-state index contributed by atoms with van der Waals surface area (Å²) in [5, 5.41) is 5.57. The van der Waals surface area contributed by atoms with Gasteiger partial charge in [0.2, 0.25) is 0 Å². The standard InChI is InChI=1S/C14H11N3/c1-2-7-16-14(3-1)17-13-5-4-12-10-15-8-6-11(12)9-13/h1-10H,(H,16,17). The Kier molecular flexibility index (Phi) is 2.43. The van der Waals surface area contributed by atoms with Gasteiger partial charge in [0.1, 0.15) is 5.82 Å². The Bertz CT molecular complexity index is 635. The Balaban J connectivity index is 1.96. The van der Waals surface area contributed by atoms with Crippen LogP contribution in [0.3, 0.4) is 0 Å². The summed E-state index contributed by atoms with van der Waals surface area (Å²) >= 11 is 0. The minimum Gasteiger partial charge on any atom is -0.340 e. The molecule has 0 aliphatic heterocycles. The summed E-state index contributed by atoms with van der Waals surface area (Å²) in [5.41, 5.74) is 1.03. The predicted molar refractivity (Wildman–Crippen MR) is 69.3 cm³/mol. The van der Waals surface area contributed by atoms with Gasteiger partial charge in [-0.15, -0.1) is 0 Å². The number of nitrogens with zero attached hydrogens (tertiary/aromatic N) is 2. The van der Waals surface area contributed by atoms with Crippen LogP contribution in [0.25, 0.3) is 10.8 Å². The van der Waals surface area contributed by atoms with E-state index in [2.05, 4.69) is 21.4 Å².